The van der Waals surface area contributed by atoms with Crippen LogP contribution in [0.2, 0.25) is 0 Å². The zero-order chi connectivity index (χ0) is 13.8. The van der Waals surface area contributed by atoms with Crippen molar-refractivity contribution in [1.82, 2.24) is 14.3 Å². The maximum Gasteiger partial charge on any atom is 0.259 e. The van der Waals surface area contributed by atoms with E-state index in [1.807, 2.05) is 11.5 Å². The minimum atomic E-state index is -3.63. The van der Waals surface area contributed by atoms with Gasteiger partial charge in [-0.2, -0.15) is 0 Å². The molecular formula is C11H21N3O3S. The highest BCUT2D eigenvalue weighted by molar-refractivity contribution is 7.89. The fourth-order valence-electron chi connectivity index (χ4n) is 1.50. The monoisotopic (exact) mass is 275 g/mol. The molecule has 0 aliphatic heterocycles. The van der Waals surface area contributed by atoms with E-state index in [1.54, 1.807) is 13.8 Å². The Kier molecular flexibility index (Phi) is 5.30. The van der Waals surface area contributed by atoms with Crippen LogP contribution in [0, 0.1) is 6.92 Å². The molecule has 2 N–H and O–H groups in total. The molecule has 1 heterocycles. The molecule has 6 nitrogen and oxygen atoms in total. The lowest BCUT2D eigenvalue weighted by Gasteiger charge is -2.08. The highest BCUT2D eigenvalue weighted by atomic mass is 32.2. The van der Waals surface area contributed by atoms with Crippen LogP contribution in [0.25, 0.3) is 0 Å². The minimum Gasteiger partial charge on any atom is -0.392 e. The van der Waals surface area contributed by atoms with E-state index >= 15 is 0 Å². The van der Waals surface area contributed by atoms with Gasteiger partial charge >= 0.3 is 0 Å². The van der Waals surface area contributed by atoms with Crippen molar-refractivity contribution in [2.75, 3.05) is 6.54 Å². The summed E-state index contributed by atoms with van der Waals surface area (Å²) in [5.74, 6) is 0.674. The highest BCUT2D eigenvalue weighted by Crippen LogP contribution is 2.09. The molecule has 104 valence electrons. The molecule has 0 aliphatic rings. The number of aliphatic hydroxyl groups excluding tert-OH is 1. The van der Waals surface area contributed by atoms with Gasteiger partial charge in [-0.25, -0.2) is 18.1 Å². The summed E-state index contributed by atoms with van der Waals surface area (Å²) >= 11 is 0. The molecule has 0 fully saturated rings. The molecule has 0 aliphatic carbocycles. The standard InChI is InChI=1S/C11H21N3O3S/c1-4-6-14-8-11(13-9(14)3)18(16,17)12-7-10(15)5-2/h8,10,12,15H,4-7H2,1-3H3. The average Bonchev–Trinajstić information content (AvgIpc) is 2.69. The first-order chi connectivity index (χ1) is 8.40. The summed E-state index contributed by atoms with van der Waals surface area (Å²) in [6.07, 6.45) is 2.28. The summed E-state index contributed by atoms with van der Waals surface area (Å²) in [6, 6.07) is 0. The van der Waals surface area contributed by atoms with Gasteiger partial charge in [0, 0.05) is 19.3 Å². The van der Waals surface area contributed by atoms with E-state index in [-0.39, 0.29) is 11.6 Å². The van der Waals surface area contributed by atoms with Crippen LogP contribution in [0.4, 0.5) is 0 Å². The second kappa shape index (κ2) is 6.31. The Balaban J connectivity index is 2.82. The van der Waals surface area contributed by atoms with Gasteiger partial charge in [0.2, 0.25) is 0 Å². The first kappa shape index (κ1) is 15.1. The largest absolute Gasteiger partial charge is 0.392 e. The third-order valence-electron chi connectivity index (χ3n) is 2.67. The first-order valence-corrected chi connectivity index (χ1v) is 7.60. The molecule has 0 saturated carbocycles. The van der Waals surface area contributed by atoms with Crippen LogP contribution in [0.1, 0.15) is 32.5 Å². The smallest absolute Gasteiger partial charge is 0.259 e. The zero-order valence-electron chi connectivity index (χ0n) is 11.0. The summed E-state index contributed by atoms with van der Waals surface area (Å²) in [7, 11) is -3.63. The summed E-state index contributed by atoms with van der Waals surface area (Å²) < 4.78 is 28.0. The lowest BCUT2D eigenvalue weighted by Crippen LogP contribution is -2.32. The Labute approximate surface area is 108 Å². The van der Waals surface area contributed by atoms with Gasteiger partial charge in [-0.3, -0.25) is 0 Å². The zero-order valence-corrected chi connectivity index (χ0v) is 11.9. The van der Waals surface area contributed by atoms with E-state index in [1.165, 1.54) is 6.20 Å². The van der Waals surface area contributed by atoms with E-state index in [0.717, 1.165) is 13.0 Å². The van der Waals surface area contributed by atoms with E-state index in [9.17, 15) is 13.5 Å². The molecule has 0 aromatic carbocycles. The van der Waals surface area contributed by atoms with Crippen molar-refractivity contribution in [1.29, 1.82) is 0 Å². The Morgan fingerprint density at radius 3 is 2.72 bits per heavy atom. The van der Waals surface area contributed by atoms with Gasteiger partial charge in [-0.1, -0.05) is 13.8 Å². The average molecular weight is 275 g/mol. The van der Waals surface area contributed by atoms with Gasteiger partial charge in [0.25, 0.3) is 10.0 Å². The van der Waals surface area contributed by atoms with Crippen molar-refractivity contribution in [3.05, 3.63) is 12.0 Å². The summed E-state index contributed by atoms with van der Waals surface area (Å²) in [5, 5.41) is 9.37. The van der Waals surface area contributed by atoms with Crippen LogP contribution in [0.5, 0.6) is 0 Å². The molecule has 1 rings (SSSR count). The quantitative estimate of drug-likeness (QED) is 0.765. The number of rotatable bonds is 7. The van der Waals surface area contributed by atoms with Gasteiger partial charge in [-0.05, 0) is 19.8 Å². The number of aliphatic hydroxyl groups is 1. The van der Waals surface area contributed by atoms with Crippen molar-refractivity contribution >= 4 is 10.0 Å². The molecule has 1 aromatic heterocycles. The first-order valence-electron chi connectivity index (χ1n) is 6.12. The van der Waals surface area contributed by atoms with Crippen molar-refractivity contribution in [3.63, 3.8) is 0 Å². The van der Waals surface area contributed by atoms with Crippen LogP contribution in [0.3, 0.4) is 0 Å². The second-order valence-corrected chi connectivity index (χ2v) is 5.95. The molecule has 0 spiro atoms. The number of hydrogen-bond acceptors (Lipinski definition) is 4. The number of sulfonamides is 1. The van der Waals surface area contributed by atoms with Gasteiger partial charge < -0.3 is 9.67 Å². The molecule has 18 heavy (non-hydrogen) atoms. The fraction of sp³-hybridized carbons (Fsp3) is 0.727. The maximum absolute atomic E-state index is 11.9. The Bertz CT molecular complexity index is 482. The lowest BCUT2D eigenvalue weighted by atomic mass is 10.3. The Hall–Kier alpha value is -0.920. The summed E-state index contributed by atoms with van der Waals surface area (Å²) in [4.78, 5) is 4.04. The third kappa shape index (κ3) is 3.79. The van der Waals surface area contributed by atoms with Crippen LogP contribution < -0.4 is 4.72 Å². The second-order valence-electron chi connectivity index (χ2n) is 4.23. The SMILES string of the molecule is CCCn1cc(S(=O)(=O)NCC(O)CC)nc1C. The van der Waals surface area contributed by atoms with Crippen LogP contribution in [0.15, 0.2) is 11.2 Å². The number of hydrogen-bond donors (Lipinski definition) is 2. The molecule has 0 radical (unpaired) electrons. The summed E-state index contributed by atoms with van der Waals surface area (Å²) in [5.41, 5.74) is 0. The maximum atomic E-state index is 11.9. The van der Waals surface area contributed by atoms with Gasteiger partial charge in [0.05, 0.1) is 6.10 Å². The Morgan fingerprint density at radius 1 is 1.50 bits per heavy atom. The number of nitrogens with zero attached hydrogens (tertiary/aromatic N) is 2. The highest BCUT2D eigenvalue weighted by Gasteiger charge is 2.19. The Morgan fingerprint density at radius 2 is 2.17 bits per heavy atom. The molecule has 1 aromatic rings. The van der Waals surface area contributed by atoms with E-state index in [0.29, 0.717) is 12.2 Å². The molecule has 1 unspecified atom stereocenters. The molecular weight excluding hydrogens is 254 g/mol. The van der Waals surface area contributed by atoms with E-state index in [4.69, 9.17) is 0 Å². The van der Waals surface area contributed by atoms with Gasteiger partial charge in [0.1, 0.15) is 5.82 Å². The number of aromatic nitrogens is 2. The predicted octanol–water partition coefficient (Wildman–Crippen LogP) is 0.651. The number of imidazole rings is 1. The van der Waals surface area contributed by atoms with Crippen molar-refractivity contribution in [2.45, 2.75) is 51.3 Å². The predicted molar refractivity (Wildman–Crippen MR) is 68.7 cm³/mol. The van der Waals surface area contributed by atoms with E-state index < -0.39 is 16.1 Å². The van der Waals surface area contributed by atoms with Crippen molar-refractivity contribution < 1.29 is 13.5 Å². The molecule has 0 saturated heterocycles. The molecule has 0 amide bonds. The van der Waals surface area contributed by atoms with Crippen LogP contribution in [-0.4, -0.2) is 35.7 Å². The fourth-order valence-corrected chi connectivity index (χ4v) is 2.58. The molecule has 0 bridgehead atoms. The minimum absolute atomic E-state index is 0.0109. The normalized spacial score (nSPS) is 13.8. The van der Waals surface area contributed by atoms with Gasteiger partial charge in [-0.15, -0.1) is 0 Å². The van der Waals surface area contributed by atoms with Crippen molar-refractivity contribution in [2.24, 2.45) is 0 Å². The number of nitrogens with one attached hydrogen (secondary N) is 1. The topological polar surface area (TPSA) is 84.2 Å². The van der Waals surface area contributed by atoms with Gasteiger partial charge in [0.15, 0.2) is 5.03 Å². The third-order valence-corrected chi connectivity index (χ3v) is 3.97. The van der Waals surface area contributed by atoms with E-state index in [2.05, 4.69) is 9.71 Å². The van der Waals surface area contributed by atoms with Crippen LogP contribution in [-0.2, 0) is 16.6 Å². The van der Waals surface area contributed by atoms with Crippen molar-refractivity contribution in [3.8, 4) is 0 Å². The summed E-state index contributed by atoms with van der Waals surface area (Å²) in [6.45, 7) is 6.34. The number of aryl methyl sites for hydroxylation is 2. The molecule has 7 heteroatoms. The van der Waals surface area contributed by atoms with Crippen LogP contribution >= 0.6 is 0 Å². The lowest BCUT2D eigenvalue weighted by molar-refractivity contribution is 0.174. The molecule has 1 atom stereocenters.